The van der Waals surface area contributed by atoms with E-state index in [-0.39, 0.29) is 13.0 Å². The Morgan fingerprint density at radius 2 is 1.72 bits per heavy atom. The summed E-state index contributed by atoms with van der Waals surface area (Å²) in [7, 11) is -1.30. The van der Waals surface area contributed by atoms with Crippen molar-refractivity contribution in [3.8, 4) is 11.5 Å². The first-order valence-corrected chi connectivity index (χ1v) is 9.66. The van der Waals surface area contributed by atoms with Crippen molar-refractivity contribution in [1.29, 1.82) is 0 Å². The summed E-state index contributed by atoms with van der Waals surface area (Å²) < 4.78 is 9.53. The molecule has 0 rings (SSSR count). The smallest absolute Gasteiger partial charge is 0.317 e. The van der Waals surface area contributed by atoms with Gasteiger partial charge in [-0.1, -0.05) is 19.6 Å². The zero-order chi connectivity index (χ0) is 14.0. The van der Waals surface area contributed by atoms with Crippen molar-refractivity contribution < 1.29 is 19.1 Å². The van der Waals surface area contributed by atoms with E-state index in [2.05, 4.69) is 35.8 Å². The van der Waals surface area contributed by atoms with Crippen LogP contribution in [0.4, 0.5) is 0 Å². The maximum absolute atomic E-state index is 11.2. The molecule has 0 bridgehead atoms. The molecule has 0 aromatic carbocycles. The fourth-order valence-corrected chi connectivity index (χ4v) is 1.71. The molecule has 4 nitrogen and oxygen atoms in total. The molecule has 0 aromatic rings. The van der Waals surface area contributed by atoms with Crippen molar-refractivity contribution in [2.75, 3.05) is 13.2 Å². The second kappa shape index (κ2) is 8.76. The highest BCUT2D eigenvalue weighted by Gasteiger charge is 2.11. The Hall–Kier alpha value is -1.28. The summed E-state index contributed by atoms with van der Waals surface area (Å²) in [5.41, 5.74) is 3.23. The number of hydrogen-bond acceptors (Lipinski definition) is 4. The van der Waals surface area contributed by atoms with Gasteiger partial charge in [0.05, 0.1) is 13.2 Å². The lowest BCUT2D eigenvalue weighted by atomic mass is 10.3. The Morgan fingerprint density at radius 3 is 2.28 bits per heavy atom. The van der Waals surface area contributed by atoms with E-state index >= 15 is 0 Å². The van der Waals surface area contributed by atoms with E-state index in [0.29, 0.717) is 13.0 Å². The van der Waals surface area contributed by atoms with E-state index in [9.17, 15) is 9.59 Å². The summed E-state index contributed by atoms with van der Waals surface area (Å²) in [6.07, 6.45) is 1.11. The van der Waals surface area contributed by atoms with E-state index < -0.39 is 20.0 Å². The summed E-state index contributed by atoms with van der Waals surface area (Å²) in [5, 5.41) is 0. The van der Waals surface area contributed by atoms with Crippen molar-refractivity contribution >= 4 is 20.0 Å². The molecule has 0 aliphatic heterocycles. The normalized spacial score (nSPS) is 10.2. The average molecular weight is 270 g/mol. The zero-order valence-corrected chi connectivity index (χ0v) is 12.7. The highest BCUT2D eigenvalue weighted by molar-refractivity contribution is 6.83. The van der Waals surface area contributed by atoms with Crippen LogP contribution in [0.15, 0.2) is 0 Å². The van der Waals surface area contributed by atoms with Gasteiger partial charge in [0.25, 0.3) is 0 Å². The van der Waals surface area contributed by atoms with Crippen LogP contribution in [0.3, 0.4) is 0 Å². The predicted octanol–water partition coefficient (Wildman–Crippen LogP) is 2.14. The van der Waals surface area contributed by atoms with Crippen molar-refractivity contribution in [2.45, 2.75) is 45.8 Å². The second-order valence-electron chi connectivity index (χ2n) is 4.86. The van der Waals surface area contributed by atoms with Gasteiger partial charge < -0.3 is 9.47 Å². The summed E-state index contributed by atoms with van der Waals surface area (Å²) >= 11 is 0. The molecule has 0 radical (unpaired) electrons. The maximum Gasteiger partial charge on any atom is 0.317 e. The largest absolute Gasteiger partial charge is 0.466 e. The number of carbonyl (C=O) groups is 2. The van der Waals surface area contributed by atoms with Crippen LogP contribution in [-0.4, -0.2) is 33.2 Å². The third-order valence-corrected chi connectivity index (χ3v) is 2.69. The minimum absolute atomic E-state index is 0.276. The Morgan fingerprint density at radius 1 is 1.11 bits per heavy atom. The number of unbranched alkanes of at least 4 members (excludes halogenated alkanes) is 1. The van der Waals surface area contributed by atoms with E-state index in [4.69, 9.17) is 4.74 Å². The molecule has 0 heterocycles. The lowest BCUT2D eigenvalue weighted by Crippen LogP contribution is -2.16. The fourth-order valence-electron chi connectivity index (χ4n) is 1.06. The van der Waals surface area contributed by atoms with Crippen LogP contribution in [0, 0.1) is 11.5 Å². The molecule has 0 aliphatic rings. The summed E-state index contributed by atoms with van der Waals surface area (Å²) in [6.45, 7) is 8.82. The second-order valence-corrected chi connectivity index (χ2v) is 9.61. The molecule has 0 fully saturated rings. The molecule has 0 unspecified atom stereocenters. The molecule has 0 aliphatic carbocycles. The van der Waals surface area contributed by atoms with Crippen LogP contribution in [0.5, 0.6) is 0 Å². The molecule has 0 N–H and O–H groups in total. The van der Waals surface area contributed by atoms with Gasteiger partial charge in [-0.3, -0.25) is 9.59 Å². The molecule has 0 spiro atoms. The van der Waals surface area contributed by atoms with Crippen LogP contribution in [0.1, 0.15) is 26.2 Å². The fraction of sp³-hybridized carbons (Fsp3) is 0.692. The maximum atomic E-state index is 11.2. The first-order chi connectivity index (χ1) is 8.35. The first-order valence-electron chi connectivity index (χ1n) is 6.16. The molecule has 102 valence electrons. The zero-order valence-electron chi connectivity index (χ0n) is 11.7. The van der Waals surface area contributed by atoms with E-state index in [0.717, 1.165) is 6.42 Å². The van der Waals surface area contributed by atoms with Gasteiger partial charge in [0.1, 0.15) is 14.5 Å². The van der Waals surface area contributed by atoms with Crippen molar-refractivity contribution in [3.63, 3.8) is 0 Å². The molecule has 18 heavy (non-hydrogen) atoms. The Balaban J connectivity index is 3.63. The van der Waals surface area contributed by atoms with Crippen LogP contribution < -0.4 is 0 Å². The predicted molar refractivity (Wildman–Crippen MR) is 72.6 cm³/mol. The molecule has 5 heteroatoms. The highest BCUT2D eigenvalue weighted by atomic mass is 28.3. The minimum atomic E-state index is -1.30. The van der Waals surface area contributed by atoms with Gasteiger partial charge in [0.15, 0.2) is 0 Å². The Kier molecular flexibility index (Phi) is 8.13. The van der Waals surface area contributed by atoms with Gasteiger partial charge >= 0.3 is 11.9 Å². The van der Waals surface area contributed by atoms with E-state index in [1.165, 1.54) is 0 Å². The van der Waals surface area contributed by atoms with Gasteiger partial charge in [0, 0.05) is 6.42 Å². The first kappa shape index (κ1) is 16.7. The molecule has 0 saturated carbocycles. The molecule has 0 atom stereocenters. The third kappa shape index (κ3) is 11.2. The standard InChI is InChI=1S/C13H22O4Si/c1-5-16-12(14)11-13(15)17-9-7-6-8-10-18(2,3)4/h5-7,9,11H2,1-4H3. The van der Waals surface area contributed by atoms with Crippen molar-refractivity contribution in [3.05, 3.63) is 0 Å². The highest BCUT2D eigenvalue weighted by Crippen LogP contribution is 1.98. The number of hydrogen-bond donors (Lipinski definition) is 0. The number of carbonyl (C=O) groups excluding carboxylic acids is 2. The topological polar surface area (TPSA) is 52.6 Å². The lowest BCUT2D eigenvalue weighted by molar-refractivity contribution is -0.154. The molecular weight excluding hydrogens is 248 g/mol. The van der Waals surface area contributed by atoms with E-state index in [1.807, 2.05) is 0 Å². The van der Waals surface area contributed by atoms with Gasteiger partial charge in [-0.15, -0.1) is 11.5 Å². The van der Waals surface area contributed by atoms with Gasteiger partial charge in [-0.2, -0.15) is 0 Å². The minimum Gasteiger partial charge on any atom is -0.466 e. The van der Waals surface area contributed by atoms with Crippen molar-refractivity contribution in [1.82, 2.24) is 0 Å². The van der Waals surface area contributed by atoms with Crippen LogP contribution in [0.2, 0.25) is 19.6 Å². The molecular formula is C13H22O4Si. The molecule has 0 amide bonds. The average Bonchev–Trinajstić information content (AvgIpc) is 2.21. The van der Waals surface area contributed by atoms with Crippen LogP contribution in [0.25, 0.3) is 0 Å². The van der Waals surface area contributed by atoms with Crippen LogP contribution >= 0.6 is 0 Å². The summed E-state index contributed by atoms with van der Waals surface area (Å²) in [5.74, 6) is 2.01. The Labute approximate surface area is 110 Å². The quantitative estimate of drug-likeness (QED) is 0.244. The number of ether oxygens (including phenoxy) is 2. The van der Waals surface area contributed by atoms with Gasteiger partial charge in [0.2, 0.25) is 0 Å². The monoisotopic (exact) mass is 270 g/mol. The SMILES string of the molecule is CCOC(=O)CC(=O)OCCCC#C[Si](C)(C)C. The molecule has 0 saturated heterocycles. The van der Waals surface area contributed by atoms with Crippen molar-refractivity contribution in [2.24, 2.45) is 0 Å². The van der Waals surface area contributed by atoms with Crippen LogP contribution in [-0.2, 0) is 19.1 Å². The van der Waals surface area contributed by atoms with Gasteiger partial charge in [-0.05, 0) is 13.3 Å². The molecule has 0 aromatic heterocycles. The van der Waals surface area contributed by atoms with E-state index in [1.54, 1.807) is 6.92 Å². The Bertz CT molecular complexity index is 333. The van der Waals surface area contributed by atoms with Gasteiger partial charge in [-0.25, -0.2) is 0 Å². The number of rotatable bonds is 6. The summed E-state index contributed by atoms with van der Waals surface area (Å²) in [4.78, 5) is 22.1. The number of esters is 2. The third-order valence-electron chi connectivity index (χ3n) is 1.77. The summed E-state index contributed by atoms with van der Waals surface area (Å²) in [6, 6.07) is 0. The lowest BCUT2D eigenvalue weighted by Gasteiger charge is -2.04.